The molecule has 3 rings (SSSR count). The van der Waals surface area contributed by atoms with Crippen molar-refractivity contribution in [1.82, 2.24) is 0 Å². The summed E-state index contributed by atoms with van der Waals surface area (Å²) >= 11 is 0. The number of fused-ring (bicyclic) bond motifs is 1. The molecule has 0 bridgehead atoms. The second-order valence-corrected chi connectivity index (χ2v) is 6.61. The van der Waals surface area contributed by atoms with E-state index in [1.165, 1.54) is 30.3 Å². The quantitative estimate of drug-likeness (QED) is 0.720. The smallest absolute Gasteiger partial charge is 0.262 e. The minimum atomic E-state index is -3.76. The molecule has 3 aromatic rings. The van der Waals surface area contributed by atoms with Crippen LogP contribution in [0.15, 0.2) is 65.6 Å². The Balaban J connectivity index is 2.10. The summed E-state index contributed by atoms with van der Waals surface area (Å²) in [5.74, 6) is 0.687. The monoisotopic (exact) mass is 329 g/mol. The fraction of sp³-hybridized carbons (Fsp3) is 0.0588. The number of sulfonamides is 1. The lowest BCUT2D eigenvalue weighted by Gasteiger charge is -2.12. The van der Waals surface area contributed by atoms with Gasteiger partial charge in [0.15, 0.2) is 0 Å². The van der Waals surface area contributed by atoms with Crippen LogP contribution in [0.3, 0.4) is 0 Å². The second kappa shape index (κ2) is 5.81. The summed E-state index contributed by atoms with van der Waals surface area (Å²) in [6.45, 7) is 0. The fourth-order valence-electron chi connectivity index (χ4n) is 2.40. The zero-order valence-electron chi connectivity index (χ0n) is 12.4. The van der Waals surface area contributed by atoms with Gasteiger partial charge in [0.1, 0.15) is 11.5 Å². The van der Waals surface area contributed by atoms with Gasteiger partial charge in [-0.2, -0.15) is 0 Å². The maximum absolute atomic E-state index is 12.7. The molecule has 6 heteroatoms. The van der Waals surface area contributed by atoms with E-state index in [0.29, 0.717) is 16.8 Å². The molecule has 0 atom stereocenters. The van der Waals surface area contributed by atoms with Crippen LogP contribution in [0.2, 0.25) is 0 Å². The highest BCUT2D eigenvalue weighted by atomic mass is 32.2. The van der Waals surface area contributed by atoms with E-state index in [4.69, 9.17) is 4.74 Å². The SMILES string of the molecule is COc1ccc(S(=O)(=O)Nc2ccc(O)cc2)c2ccccc12. The van der Waals surface area contributed by atoms with Gasteiger partial charge in [-0.05, 0) is 36.4 Å². The van der Waals surface area contributed by atoms with Crippen LogP contribution < -0.4 is 9.46 Å². The highest BCUT2D eigenvalue weighted by Crippen LogP contribution is 2.31. The van der Waals surface area contributed by atoms with E-state index in [2.05, 4.69) is 4.72 Å². The first-order valence-electron chi connectivity index (χ1n) is 6.89. The van der Waals surface area contributed by atoms with E-state index in [1.54, 1.807) is 25.3 Å². The van der Waals surface area contributed by atoms with Gasteiger partial charge >= 0.3 is 0 Å². The van der Waals surface area contributed by atoms with Crippen molar-refractivity contribution in [3.63, 3.8) is 0 Å². The Bertz CT molecular complexity index is 950. The molecule has 0 heterocycles. The number of phenolic OH excluding ortho intramolecular Hbond substituents is 1. The Hall–Kier alpha value is -2.73. The number of ether oxygens (including phenoxy) is 1. The summed E-state index contributed by atoms with van der Waals surface area (Å²) in [5.41, 5.74) is 0.377. The van der Waals surface area contributed by atoms with Crippen molar-refractivity contribution in [2.45, 2.75) is 4.90 Å². The van der Waals surface area contributed by atoms with Crippen molar-refractivity contribution in [2.24, 2.45) is 0 Å². The van der Waals surface area contributed by atoms with Gasteiger partial charge in [0.05, 0.1) is 12.0 Å². The van der Waals surface area contributed by atoms with Gasteiger partial charge in [0.25, 0.3) is 10.0 Å². The third-order valence-electron chi connectivity index (χ3n) is 3.47. The Morgan fingerprint density at radius 3 is 2.22 bits per heavy atom. The molecule has 3 aromatic carbocycles. The van der Waals surface area contributed by atoms with Crippen LogP contribution in [-0.2, 0) is 10.0 Å². The van der Waals surface area contributed by atoms with Crippen molar-refractivity contribution < 1.29 is 18.3 Å². The van der Waals surface area contributed by atoms with Crippen LogP contribution in [0.1, 0.15) is 0 Å². The summed E-state index contributed by atoms with van der Waals surface area (Å²) in [7, 11) is -2.22. The lowest BCUT2D eigenvalue weighted by molar-refractivity contribution is 0.419. The molecule has 0 fully saturated rings. The summed E-state index contributed by atoms with van der Waals surface area (Å²) in [6.07, 6.45) is 0. The number of aromatic hydroxyl groups is 1. The van der Waals surface area contributed by atoms with Gasteiger partial charge in [-0.1, -0.05) is 24.3 Å². The molecule has 118 valence electrons. The molecule has 0 amide bonds. The lowest BCUT2D eigenvalue weighted by Crippen LogP contribution is -2.13. The molecule has 0 unspecified atom stereocenters. The number of rotatable bonds is 4. The molecule has 2 N–H and O–H groups in total. The van der Waals surface area contributed by atoms with E-state index < -0.39 is 10.0 Å². The number of hydrogen-bond acceptors (Lipinski definition) is 4. The van der Waals surface area contributed by atoms with Gasteiger partial charge in [-0.15, -0.1) is 0 Å². The molecular weight excluding hydrogens is 314 g/mol. The van der Waals surface area contributed by atoms with Crippen LogP contribution in [-0.4, -0.2) is 20.6 Å². The van der Waals surface area contributed by atoms with E-state index in [0.717, 1.165) is 5.39 Å². The van der Waals surface area contributed by atoms with Gasteiger partial charge < -0.3 is 9.84 Å². The number of nitrogens with one attached hydrogen (secondary N) is 1. The van der Waals surface area contributed by atoms with Crippen molar-refractivity contribution in [3.8, 4) is 11.5 Å². The average Bonchev–Trinajstić information content (AvgIpc) is 2.55. The van der Waals surface area contributed by atoms with Gasteiger partial charge in [-0.3, -0.25) is 4.72 Å². The molecule has 0 aliphatic heterocycles. The first-order valence-corrected chi connectivity index (χ1v) is 8.37. The molecule has 0 radical (unpaired) electrons. The third-order valence-corrected chi connectivity index (χ3v) is 4.91. The zero-order chi connectivity index (χ0) is 16.4. The summed E-state index contributed by atoms with van der Waals surface area (Å²) in [6, 6.07) is 16.1. The maximum atomic E-state index is 12.7. The molecule has 0 aliphatic carbocycles. The van der Waals surface area contributed by atoms with Crippen molar-refractivity contribution in [3.05, 3.63) is 60.7 Å². The Morgan fingerprint density at radius 2 is 1.57 bits per heavy atom. The Labute approximate surface area is 134 Å². The normalized spacial score (nSPS) is 11.3. The Morgan fingerprint density at radius 1 is 0.913 bits per heavy atom. The largest absolute Gasteiger partial charge is 0.508 e. The molecular formula is C17H15NO4S. The van der Waals surface area contributed by atoms with Crippen molar-refractivity contribution >= 4 is 26.5 Å². The van der Waals surface area contributed by atoms with Crippen molar-refractivity contribution in [2.75, 3.05) is 11.8 Å². The number of anilines is 1. The lowest BCUT2D eigenvalue weighted by atomic mass is 10.1. The molecule has 5 nitrogen and oxygen atoms in total. The summed E-state index contributed by atoms with van der Waals surface area (Å²) in [5, 5.41) is 10.6. The van der Waals surface area contributed by atoms with Crippen LogP contribution in [0.4, 0.5) is 5.69 Å². The van der Waals surface area contributed by atoms with E-state index in [1.807, 2.05) is 12.1 Å². The van der Waals surface area contributed by atoms with E-state index in [-0.39, 0.29) is 10.6 Å². The highest BCUT2D eigenvalue weighted by Gasteiger charge is 2.19. The standard InChI is InChI=1S/C17H15NO4S/c1-22-16-10-11-17(15-5-3-2-4-14(15)16)23(20,21)18-12-6-8-13(19)9-7-12/h2-11,18-19H,1H3. The highest BCUT2D eigenvalue weighted by molar-refractivity contribution is 7.93. The van der Waals surface area contributed by atoms with Gasteiger partial charge in [0.2, 0.25) is 0 Å². The molecule has 23 heavy (non-hydrogen) atoms. The number of methoxy groups -OCH3 is 1. The number of phenols is 1. The molecule has 0 saturated heterocycles. The zero-order valence-corrected chi connectivity index (χ0v) is 13.2. The van der Waals surface area contributed by atoms with Gasteiger partial charge in [0, 0.05) is 16.5 Å². The minimum Gasteiger partial charge on any atom is -0.508 e. The number of hydrogen-bond donors (Lipinski definition) is 2. The first-order chi connectivity index (χ1) is 11.0. The summed E-state index contributed by atoms with van der Waals surface area (Å²) < 4.78 is 33.2. The first kappa shape index (κ1) is 15.2. The number of benzene rings is 3. The average molecular weight is 329 g/mol. The maximum Gasteiger partial charge on any atom is 0.262 e. The molecule has 0 aliphatic rings. The Kier molecular flexibility index (Phi) is 3.83. The predicted octanol–water partition coefficient (Wildman–Crippen LogP) is 3.35. The van der Waals surface area contributed by atoms with Crippen LogP contribution in [0, 0.1) is 0 Å². The van der Waals surface area contributed by atoms with Crippen LogP contribution >= 0.6 is 0 Å². The molecule has 0 spiro atoms. The topological polar surface area (TPSA) is 75.6 Å². The molecule has 0 aromatic heterocycles. The second-order valence-electron chi connectivity index (χ2n) is 4.96. The van der Waals surface area contributed by atoms with Crippen molar-refractivity contribution in [1.29, 1.82) is 0 Å². The molecule has 0 saturated carbocycles. The fourth-order valence-corrected chi connectivity index (χ4v) is 3.67. The van der Waals surface area contributed by atoms with E-state index >= 15 is 0 Å². The van der Waals surface area contributed by atoms with Crippen LogP contribution in [0.25, 0.3) is 10.8 Å². The van der Waals surface area contributed by atoms with Gasteiger partial charge in [-0.25, -0.2) is 8.42 Å². The third kappa shape index (κ3) is 2.93. The van der Waals surface area contributed by atoms with E-state index in [9.17, 15) is 13.5 Å². The van der Waals surface area contributed by atoms with Crippen LogP contribution in [0.5, 0.6) is 11.5 Å². The predicted molar refractivity (Wildman–Crippen MR) is 89.4 cm³/mol. The minimum absolute atomic E-state index is 0.0721. The summed E-state index contributed by atoms with van der Waals surface area (Å²) in [4.78, 5) is 0.168.